The minimum atomic E-state index is -0.325. The number of rotatable bonds is 5. The highest BCUT2D eigenvalue weighted by Crippen LogP contribution is 2.35. The molecule has 1 aromatic heterocycles. The summed E-state index contributed by atoms with van der Waals surface area (Å²) in [5, 5.41) is 3.35. The van der Waals surface area contributed by atoms with Crippen molar-refractivity contribution in [3.8, 4) is 17.2 Å². The Bertz CT molecular complexity index is 936. The van der Waals surface area contributed by atoms with Gasteiger partial charge in [-0.1, -0.05) is 17.4 Å². The maximum atomic E-state index is 12.7. The van der Waals surface area contributed by atoms with E-state index in [1.807, 2.05) is 25.1 Å². The van der Waals surface area contributed by atoms with Crippen molar-refractivity contribution in [2.24, 2.45) is 0 Å². The van der Waals surface area contributed by atoms with Gasteiger partial charge in [0.15, 0.2) is 16.6 Å². The number of methoxy groups -OCH3 is 3. The molecule has 6 nitrogen and oxygen atoms in total. The van der Waals surface area contributed by atoms with Gasteiger partial charge in [0, 0.05) is 12.1 Å². The Kier molecular flexibility index (Phi) is 4.76. The molecule has 3 rings (SSSR count). The Morgan fingerprint density at radius 1 is 1.00 bits per heavy atom. The predicted molar refractivity (Wildman–Crippen MR) is 98.4 cm³/mol. The average molecular weight is 358 g/mol. The first-order chi connectivity index (χ1) is 12.0. The predicted octanol–water partition coefficient (Wildman–Crippen LogP) is 3.88. The second kappa shape index (κ2) is 6.98. The summed E-state index contributed by atoms with van der Waals surface area (Å²) < 4.78 is 16.8. The molecule has 0 bridgehead atoms. The standard InChI is InChI=1S/C18H18N2O4S/c1-10-5-6-12-16(7-10)25-18(19-12)20-17(21)11-8-14(23-3)15(24-4)9-13(11)22-2/h5-9H,1-4H3,(H,19,20,21). The van der Waals surface area contributed by atoms with E-state index in [1.165, 1.54) is 32.7 Å². The van der Waals surface area contributed by atoms with Crippen LogP contribution in [0.25, 0.3) is 10.2 Å². The number of thiazole rings is 1. The molecule has 0 unspecified atom stereocenters. The molecule has 0 spiro atoms. The van der Waals surface area contributed by atoms with Crippen LogP contribution in [-0.2, 0) is 0 Å². The number of nitrogens with zero attached hydrogens (tertiary/aromatic N) is 1. The first-order valence-corrected chi connectivity index (χ1v) is 8.36. The molecule has 0 radical (unpaired) electrons. The highest BCUT2D eigenvalue weighted by atomic mass is 32.1. The normalized spacial score (nSPS) is 10.6. The summed E-state index contributed by atoms with van der Waals surface area (Å²) in [5.41, 5.74) is 2.34. The molecule has 0 fully saturated rings. The van der Waals surface area contributed by atoms with E-state index in [0.717, 1.165) is 15.8 Å². The molecule has 0 atom stereocenters. The van der Waals surface area contributed by atoms with E-state index in [2.05, 4.69) is 10.3 Å². The highest BCUT2D eigenvalue weighted by Gasteiger charge is 2.19. The molecular weight excluding hydrogens is 340 g/mol. The minimum absolute atomic E-state index is 0.325. The van der Waals surface area contributed by atoms with Crippen molar-refractivity contribution in [3.63, 3.8) is 0 Å². The Morgan fingerprint density at radius 2 is 1.68 bits per heavy atom. The van der Waals surface area contributed by atoms with Gasteiger partial charge in [0.25, 0.3) is 5.91 Å². The van der Waals surface area contributed by atoms with Crippen molar-refractivity contribution < 1.29 is 19.0 Å². The summed E-state index contributed by atoms with van der Waals surface area (Å²) >= 11 is 1.43. The van der Waals surface area contributed by atoms with Crippen LogP contribution in [0.1, 0.15) is 15.9 Å². The molecule has 1 heterocycles. The van der Waals surface area contributed by atoms with Crippen molar-refractivity contribution in [2.45, 2.75) is 6.92 Å². The molecule has 130 valence electrons. The summed E-state index contributed by atoms with van der Waals surface area (Å²) in [6.07, 6.45) is 0. The van der Waals surface area contributed by atoms with Crippen LogP contribution < -0.4 is 19.5 Å². The summed E-state index contributed by atoms with van der Waals surface area (Å²) in [7, 11) is 4.54. The van der Waals surface area contributed by atoms with E-state index in [-0.39, 0.29) is 5.91 Å². The zero-order chi connectivity index (χ0) is 18.0. The summed E-state index contributed by atoms with van der Waals surface area (Å²) in [6.45, 7) is 2.02. The largest absolute Gasteiger partial charge is 0.496 e. The lowest BCUT2D eigenvalue weighted by Crippen LogP contribution is -2.13. The lowest BCUT2D eigenvalue weighted by atomic mass is 10.1. The van der Waals surface area contributed by atoms with E-state index >= 15 is 0 Å². The van der Waals surface area contributed by atoms with Crippen molar-refractivity contribution in [1.82, 2.24) is 4.98 Å². The van der Waals surface area contributed by atoms with Gasteiger partial charge in [0.2, 0.25) is 0 Å². The van der Waals surface area contributed by atoms with Crippen molar-refractivity contribution >= 4 is 32.6 Å². The number of ether oxygens (including phenoxy) is 3. The topological polar surface area (TPSA) is 69.7 Å². The number of amides is 1. The van der Waals surface area contributed by atoms with E-state index in [4.69, 9.17) is 14.2 Å². The number of hydrogen-bond donors (Lipinski definition) is 1. The molecule has 0 aliphatic carbocycles. The van der Waals surface area contributed by atoms with E-state index in [9.17, 15) is 4.79 Å². The molecule has 1 amide bonds. The molecule has 7 heteroatoms. The molecule has 0 aliphatic rings. The zero-order valence-corrected chi connectivity index (χ0v) is 15.2. The fourth-order valence-corrected chi connectivity index (χ4v) is 3.42. The van der Waals surface area contributed by atoms with Crippen LogP contribution in [0.5, 0.6) is 17.2 Å². The smallest absolute Gasteiger partial charge is 0.261 e. The number of hydrogen-bond acceptors (Lipinski definition) is 6. The molecule has 1 N–H and O–H groups in total. The third-order valence-electron chi connectivity index (χ3n) is 3.71. The van der Waals surface area contributed by atoms with Gasteiger partial charge in [-0.05, 0) is 24.6 Å². The summed E-state index contributed by atoms with van der Waals surface area (Å²) in [4.78, 5) is 17.1. The number of anilines is 1. The van der Waals surface area contributed by atoms with Gasteiger partial charge in [-0.3, -0.25) is 10.1 Å². The highest BCUT2D eigenvalue weighted by molar-refractivity contribution is 7.22. The summed E-state index contributed by atoms with van der Waals surface area (Å²) in [5.74, 6) is 1.01. The average Bonchev–Trinajstić information content (AvgIpc) is 3.01. The fraction of sp³-hybridized carbons (Fsp3) is 0.222. The van der Waals surface area contributed by atoms with Crippen LogP contribution in [0.4, 0.5) is 5.13 Å². The maximum absolute atomic E-state index is 12.7. The monoisotopic (exact) mass is 358 g/mol. The van der Waals surface area contributed by atoms with E-state index < -0.39 is 0 Å². The number of benzene rings is 2. The lowest BCUT2D eigenvalue weighted by molar-refractivity contribution is 0.102. The minimum Gasteiger partial charge on any atom is -0.496 e. The molecule has 2 aromatic carbocycles. The Morgan fingerprint density at radius 3 is 2.36 bits per heavy atom. The SMILES string of the molecule is COc1cc(OC)c(C(=O)Nc2nc3ccc(C)cc3s2)cc1OC. The quantitative estimate of drug-likeness (QED) is 0.749. The molecule has 3 aromatic rings. The van der Waals surface area contributed by atoms with Gasteiger partial charge in [0.1, 0.15) is 5.75 Å². The lowest BCUT2D eigenvalue weighted by Gasteiger charge is -2.13. The van der Waals surface area contributed by atoms with Gasteiger partial charge in [-0.25, -0.2) is 4.98 Å². The van der Waals surface area contributed by atoms with Crippen LogP contribution in [0.15, 0.2) is 30.3 Å². The second-order valence-electron chi connectivity index (χ2n) is 5.35. The van der Waals surface area contributed by atoms with E-state index in [1.54, 1.807) is 12.1 Å². The Balaban J connectivity index is 1.93. The third-order valence-corrected chi connectivity index (χ3v) is 4.65. The number of aromatic nitrogens is 1. The Labute approximate surface area is 149 Å². The van der Waals surface area contributed by atoms with Gasteiger partial charge < -0.3 is 14.2 Å². The fourth-order valence-electron chi connectivity index (χ4n) is 2.46. The van der Waals surface area contributed by atoms with Gasteiger partial charge in [0.05, 0.1) is 37.1 Å². The molecule has 0 saturated heterocycles. The number of carbonyl (C=O) groups is 1. The van der Waals surface area contributed by atoms with Crippen molar-refractivity contribution in [1.29, 1.82) is 0 Å². The molecule has 25 heavy (non-hydrogen) atoms. The molecule has 0 aliphatic heterocycles. The van der Waals surface area contributed by atoms with Gasteiger partial charge in [-0.2, -0.15) is 0 Å². The van der Waals surface area contributed by atoms with Crippen molar-refractivity contribution in [3.05, 3.63) is 41.5 Å². The number of nitrogens with one attached hydrogen (secondary N) is 1. The number of carbonyl (C=O) groups excluding carboxylic acids is 1. The molecule has 0 saturated carbocycles. The zero-order valence-electron chi connectivity index (χ0n) is 14.4. The summed E-state index contributed by atoms with van der Waals surface area (Å²) in [6, 6.07) is 9.18. The number of aryl methyl sites for hydroxylation is 1. The third kappa shape index (κ3) is 3.36. The van der Waals surface area contributed by atoms with Crippen molar-refractivity contribution in [2.75, 3.05) is 26.6 Å². The Hall–Kier alpha value is -2.80. The first-order valence-electron chi connectivity index (χ1n) is 7.54. The van der Waals surface area contributed by atoms with Crippen LogP contribution >= 0.6 is 11.3 Å². The number of fused-ring (bicyclic) bond motifs is 1. The maximum Gasteiger partial charge on any atom is 0.261 e. The first kappa shape index (κ1) is 17.0. The van der Waals surface area contributed by atoms with E-state index in [0.29, 0.717) is 27.9 Å². The van der Waals surface area contributed by atoms with Gasteiger partial charge >= 0.3 is 0 Å². The second-order valence-corrected chi connectivity index (χ2v) is 6.38. The van der Waals surface area contributed by atoms with Crippen LogP contribution in [0.3, 0.4) is 0 Å². The van der Waals surface area contributed by atoms with Crippen LogP contribution in [0, 0.1) is 6.92 Å². The molecular formula is C18H18N2O4S. The van der Waals surface area contributed by atoms with Gasteiger partial charge in [-0.15, -0.1) is 0 Å². The van der Waals surface area contributed by atoms with Crippen LogP contribution in [0.2, 0.25) is 0 Å². The van der Waals surface area contributed by atoms with Crippen LogP contribution in [-0.4, -0.2) is 32.2 Å².